The molecule has 0 radical (unpaired) electrons. The number of urea groups is 1. The second kappa shape index (κ2) is 9.24. The molecule has 1 aromatic heterocycles. The highest BCUT2D eigenvalue weighted by Gasteiger charge is 2.19. The maximum atomic E-state index is 13.1. The smallest absolute Gasteiger partial charge is 0.324 e. The third-order valence-corrected chi connectivity index (χ3v) is 6.13. The summed E-state index contributed by atoms with van der Waals surface area (Å²) in [6, 6.07) is 24.8. The topological polar surface area (TPSA) is 79.2 Å². The van der Waals surface area contributed by atoms with Crippen molar-refractivity contribution in [3.8, 4) is 16.9 Å². The fourth-order valence-corrected chi connectivity index (χ4v) is 4.28. The quantitative estimate of drug-likeness (QED) is 0.321. The summed E-state index contributed by atoms with van der Waals surface area (Å²) in [7, 11) is 0. The zero-order valence-corrected chi connectivity index (χ0v) is 19.8. The van der Waals surface area contributed by atoms with Crippen LogP contribution < -0.4 is 10.6 Å². The van der Waals surface area contributed by atoms with Gasteiger partial charge in [0, 0.05) is 22.9 Å². The Labute approximate surface area is 204 Å². The van der Waals surface area contributed by atoms with Crippen LogP contribution in [0.15, 0.2) is 84.9 Å². The average Bonchev–Trinajstić information content (AvgIpc) is 3.28. The first-order valence-electron chi connectivity index (χ1n) is 11.7. The van der Waals surface area contributed by atoms with Crippen molar-refractivity contribution in [2.75, 3.05) is 10.6 Å². The van der Waals surface area contributed by atoms with Crippen molar-refractivity contribution < 1.29 is 9.90 Å². The van der Waals surface area contributed by atoms with Crippen LogP contribution in [0.1, 0.15) is 37.0 Å². The Kier molecular flexibility index (Phi) is 5.97. The van der Waals surface area contributed by atoms with Crippen LogP contribution in [-0.4, -0.2) is 20.9 Å². The van der Waals surface area contributed by atoms with Crippen LogP contribution in [0.4, 0.5) is 16.3 Å². The molecule has 0 spiro atoms. The molecule has 3 N–H and O–H groups in total. The summed E-state index contributed by atoms with van der Waals surface area (Å²) in [6.45, 7) is 3.48. The summed E-state index contributed by atoms with van der Waals surface area (Å²) < 4.78 is 1.69. The van der Waals surface area contributed by atoms with Gasteiger partial charge in [0.05, 0.1) is 17.0 Å². The van der Waals surface area contributed by atoms with Crippen molar-refractivity contribution >= 4 is 23.6 Å². The zero-order chi connectivity index (χ0) is 24.4. The highest BCUT2D eigenvalue weighted by molar-refractivity contribution is 6.01. The van der Waals surface area contributed by atoms with E-state index < -0.39 is 5.60 Å². The van der Waals surface area contributed by atoms with E-state index >= 15 is 0 Å². The van der Waals surface area contributed by atoms with Gasteiger partial charge in [-0.25, -0.2) is 9.48 Å². The molecule has 1 aliphatic rings. The van der Waals surface area contributed by atoms with Gasteiger partial charge in [0.15, 0.2) is 0 Å². The number of anilines is 2. The van der Waals surface area contributed by atoms with Gasteiger partial charge in [-0.05, 0) is 56.0 Å². The van der Waals surface area contributed by atoms with E-state index in [2.05, 4.69) is 28.9 Å². The Balaban J connectivity index is 1.49. The predicted molar refractivity (Wildman–Crippen MR) is 141 cm³/mol. The first kappa shape index (κ1) is 22.6. The number of nitrogens with zero attached hydrogens (tertiary/aromatic N) is 2. The van der Waals surface area contributed by atoms with Crippen molar-refractivity contribution in [3.63, 3.8) is 0 Å². The number of aryl methyl sites for hydroxylation is 1. The molecule has 5 rings (SSSR count). The molecule has 0 saturated heterocycles. The van der Waals surface area contributed by atoms with Crippen molar-refractivity contribution in [3.05, 3.63) is 102 Å². The molecular formula is C29H28N4O2. The fraction of sp³-hybridized carbons (Fsp3) is 0.172. The van der Waals surface area contributed by atoms with E-state index in [1.54, 1.807) is 18.5 Å². The number of hydrogen-bond donors (Lipinski definition) is 3. The van der Waals surface area contributed by atoms with Crippen LogP contribution in [-0.2, 0) is 12.0 Å². The van der Waals surface area contributed by atoms with E-state index in [-0.39, 0.29) is 6.03 Å². The maximum absolute atomic E-state index is 13.1. The number of rotatable bonds is 5. The largest absolute Gasteiger partial charge is 0.386 e. The number of benzene rings is 3. The molecule has 0 fully saturated rings. The van der Waals surface area contributed by atoms with Crippen molar-refractivity contribution in [1.82, 2.24) is 9.78 Å². The molecule has 6 heteroatoms. The van der Waals surface area contributed by atoms with Crippen LogP contribution >= 0.6 is 0 Å². The molecule has 4 aromatic rings. The van der Waals surface area contributed by atoms with Crippen molar-refractivity contribution in [2.45, 2.75) is 32.3 Å². The molecule has 0 saturated carbocycles. The van der Waals surface area contributed by atoms with Gasteiger partial charge in [-0.15, -0.1) is 0 Å². The molecular weight excluding hydrogens is 436 g/mol. The summed E-state index contributed by atoms with van der Waals surface area (Å²) in [4.78, 5) is 13.1. The van der Waals surface area contributed by atoms with Gasteiger partial charge in [0.25, 0.3) is 0 Å². The second-order valence-corrected chi connectivity index (χ2v) is 9.20. The van der Waals surface area contributed by atoms with Crippen molar-refractivity contribution in [2.24, 2.45) is 0 Å². The number of aromatic nitrogens is 2. The van der Waals surface area contributed by atoms with Crippen LogP contribution in [0.3, 0.4) is 0 Å². The van der Waals surface area contributed by atoms with E-state index in [0.717, 1.165) is 46.6 Å². The lowest BCUT2D eigenvalue weighted by Crippen LogP contribution is -2.22. The Morgan fingerprint density at radius 2 is 1.77 bits per heavy atom. The van der Waals surface area contributed by atoms with Gasteiger partial charge < -0.3 is 10.4 Å². The molecule has 2 amide bonds. The van der Waals surface area contributed by atoms with Crippen molar-refractivity contribution in [1.29, 1.82) is 0 Å². The third kappa shape index (κ3) is 4.88. The molecule has 0 atom stereocenters. The normalized spacial score (nSPS) is 12.8. The molecule has 35 heavy (non-hydrogen) atoms. The third-order valence-electron chi connectivity index (χ3n) is 6.13. The first-order valence-corrected chi connectivity index (χ1v) is 11.7. The number of allylic oxidation sites excluding steroid dienone is 1. The van der Waals surface area contributed by atoms with E-state index in [1.165, 1.54) is 5.56 Å². The van der Waals surface area contributed by atoms with Gasteiger partial charge in [0.2, 0.25) is 0 Å². The van der Waals surface area contributed by atoms with Gasteiger partial charge in [0.1, 0.15) is 5.82 Å². The molecule has 0 unspecified atom stereocenters. The van der Waals surface area contributed by atoms with Crippen LogP contribution in [0.2, 0.25) is 0 Å². The number of fused-ring (bicyclic) bond motifs is 1. The number of amides is 2. The lowest BCUT2D eigenvalue weighted by Gasteiger charge is -2.19. The molecule has 6 nitrogen and oxygen atoms in total. The van der Waals surface area contributed by atoms with E-state index in [9.17, 15) is 9.90 Å². The lowest BCUT2D eigenvalue weighted by molar-refractivity contribution is 0.0786. The highest BCUT2D eigenvalue weighted by atomic mass is 16.3. The summed E-state index contributed by atoms with van der Waals surface area (Å²) in [5.74, 6) is 0.523. The molecule has 0 aliphatic heterocycles. The predicted octanol–water partition coefficient (Wildman–Crippen LogP) is 6.37. The first-order chi connectivity index (χ1) is 16.9. The minimum absolute atomic E-state index is 0.350. The second-order valence-electron chi connectivity index (χ2n) is 9.20. The standard InChI is InChI=1S/C29H28N4O2/c1-29(2,35)22-14-9-15-23(18-22)33-27(19-26(32-33)21-11-4-3-5-12-21)31-28(34)30-25-17-8-13-20-10-6-7-16-24(20)25/h3-5,7-9,11-19,35H,6,10H2,1-2H3,(H2,30,31,34). The number of carbonyl (C=O) groups excluding carboxylic acids is 1. The minimum Gasteiger partial charge on any atom is -0.386 e. The Morgan fingerprint density at radius 3 is 2.57 bits per heavy atom. The van der Waals surface area contributed by atoms with E-state index in [4.69, 9.17) is 5.10 Å². The zero-order valence-electron chi connectivity index (χ0n) is 19.8. The van der Waals surface area contributed by atoms with Crippen LogP contribution in [0, 0.1) is 0 Å². The SMILES string of the molecule is CC(C)(O)c1cccc(-n2nc(-c3ccccc3)cc2NC(=O)Nc2cccc3c2C=CCC3)c1. The molecule has 1 aliphatic carbocycles. The summed E-state index contributed by atoms with van der Waals surface area (Å²) in [5, 5.41) is 21.3. The Hall–Kier alpha value is -4.16. The van der Waals surface area contributed by atoms with Crippen LogP contribution in [0.5, 0.6) is 0 Å². The van der Waals surface area contributed by atoms with Gasteiger partial charge in [-0.3, -0.25) is 5.32 Å². The van der Waals surface area contributed by atoms with E-state index in [0.29, 0.717) is 5.82 Å². The molecule has 176 valence electrons. The Bertz CT molecular complexity index is 1400. The minimum atomic E-state index is -1.00. The monoisotopic (exact) mass is 464 g/mol. The lowest BCUT2D eigenvalue weighted by atomic mass is 9.96. The van der Waals surface area contributed by atoms with Gasteiger partial charge >= 0.3 is 6.03 Å². The van der Waals surface area contributed by atoms with Gasteiger partial charge in [-0.1, -0.05) is 66.7 Å². The Morgan fingerprint density at radius 1 is 0.971 bits per heavy atom. The maximum Gasteiger partial charge on any atom is 0.324 e. The summed E-state index contributed by atoms with van der Waals surface area (Å²) in [6.07, 6.45) is 6.16. The number of carbonyl (C=O) groups is 1. The van der Waals surface area contributed by atoms with Gasteiger partial charge in [-0.2, -0.15) is 5.10 Å². The molecule has 1 heterocycles. The summed E-state index contributed by atoms with van der Waals surface area (Å²) in [5.41, 5.74) is 5.21. The number of aliphatic hydroxyl groups is 1. The highest BCUT2D eigenvalue weighted by Crippen LogP contribution is 2.29. The fourth-order valence-electron chi connectivity index (χ4n) is 4.28. The molecule has 3 aromatic carbocycles. The van der Waals surface area contributed by atoms with Crippen LogP contribution in [0.25, 0.3) is 23.0 Å². The summed E-state index contributed by atoms with van der Waals surface area (Å²) >= 11 is 0. The average molecular weight is 465 g/mol. The van der Waals surface area contributed by atoms with E-state index in [1.807, 2.05) is 72.8 Å². The molecule has 0 bridgehead atoms. The number of hydrogen-bond acceptors (Lipinski definition) is 3. The number of nitrogens with one attached hydrogen (secondary N) is 2.